The normalized spacial score (nSPS) is 16.4. The van der Waals surface area contributed by atoms with E-state index in [0.29, 0.717) is 26.7 Å². The van der Waals surface area contributed by atoms with Crippen LogP contribution in [0, 0.1) is 0 Å². The summed E-state index contributed by atoms with van der Waals surface area (Å²) in [6.45, 7) is 3.72. The van der Waals surface area contributed by atoms with E-state index < -0.39 is 29.9 Å². The van der Waals surface area contributed by atoms with E-state index in [2.05, 4.69) is 11.9 Å². The molecule has 0 fully saturated rings. The third-order valence-electron chi connectivity index (χ3n) is 5.41. The Balaban J connectivity index is 1.96. The molecule has 1 aliphatic heterocycles. The summed E-state index contributed by atoms with van der Waals surface area (Å²) in [5, 5.41) is 13.8. The van der Waals surface area contributed by atoms with Gasteiger partial charge in [-0.05, 0) is 53.1 Å². The van der Waals surface area contributed by atoms with E-state index in [1.54, 1.807) is 48.5 Å². The van der Waals surface area contributed by atoms with Crippen LogP contribution in [0.2, 0.25) is 10.0 Å². The van der Waals surface area contributed by atoms with Crippen molar-refractivity contribution < 1.29 is 19.5 Å². The highest BCUT2D eigenvalue weighted by molar-refractivity contribution is 6.30. The Morgan fingerprint density at radius 3 is 2.18 bits per heavy atom. The first-order valence-electron chi connectivity index (χ1n) is 9.94. The molecule has 3 aromatic carbocycles. The molecular weight excluding hydrogens is 463 g/mol. The number of nitrogens with one attached hydrogen (secondary N) is 1. The minimum Gasteiger partial charge on any atom is -0.479 e. The van der Waals surface area contributed by atoms with Crippen molar-refractivity contribution in [3.8, 4) is 0 Å². The highest BCUT2D eigenvalue weighted by Gasteiger charge is 2.43. The minimum absolute atomic E-state index is 0.164. The Labute approximate surface area is 200 Å². The molecule has 6 nitrogen and oxygen atoms in total. The molecule has 3 aromatic rings. The molecule has 2 amide bonds. The molecule has 8 heteroatoms. The Morgan fingerprint density at radius 1 is 1.00 bits per heavy atom. The number of halogens is 2. The third kappa shape index (κ3) is 4.35. The van der Waals surface area contributed by atoms with Crippen molar-refractivity contribution in [2.75, 3.05) is 5.32 Å². The van der Waals surface area contributed by atoms with Gasteiger partial charge in [-0.2, -0.15) is 0 Å². The van der Waals surface area contributed by atoms with Crippen LogP contribution in [0.25, 0.3) is 6.08 Å². The van der Waals surface area contributed by atoms with Gasteiger partial charge in [-0.3, -0.25) is 9.59 Å². The number of rotatable bonds is 5. The van der Waals surface area contributed by atoms with Gasteiger partial charge in [0.25, 0.3) is 11.8 Å². The molecule has 2 N–H and O–H groups in total. The molecule has 0 aliphatic carbocycles. The molecular formula is C25H18Cl2N2O4. The number of carboxylic acid groups (broad SMARTS) is 1. The van der Waals surface area contributed by atoms with Crippen molar-refractivity contribution in [1.29, 1.82) is 0 Å². The molecule has 2 unspecified atom stereocenters. The zero-order chi connectivity index (χ0) is 23.7. The lowest BCUT2D eigenvalue weighted by molar-refractivity contribution is -0.144. The predicted molar refractivity (Wildman–Crippen MR) is 127 cm³/mol. The summed E-state index contributed by atoms with van der Waals surface area (Å²) in [6.07, 6.45) is 1.56. The number of carbonyl (C=O) groups excluding carboxylic acids is 2. The van der Waals surface area contributed by atoms with Gasteiger partial charge >= 0.3 is 5.97 Å². The fourth-order valence-corrected chi connectivity index (χ4v) is 4.10. The number of anilines is 1. The topological polar surface area (TPSA) is 86.7 Å². The first kappa shape index (κ1) is 22.6. The van der Waals surface area contributed by atoms with Gasteiger partial charge in [0.05, 0.1) is 11.3 Å². The minimum atomic E-state index is -1.46. The van der Waals surface area contributed by atoms with Gasteiger partial charge in [0.15, 0.2) is 6.04 Å². The van der Waals surface area contributed by atoms with Gasteiger partial charge in [0.2, 0.25) is 0 Å². The van der Waals surface area contributed by atoms with E-state index in [0.717, 1.165) is 4.90 Å². The molecule has 1 heterocycles. The summed E-state index contributed by atoms with van der Waals surface area (Å²) in [7, 11) is 0. The SMILES string of the molecule is C=Cc1ccc2c(c1)C(=O)N(C(C(=O)O)c1ccc(Cl)cc1)C(c1ccc(Cl)cc1)C(=O)N2. The van der Waals surface area contributed by atoms with Crippen LogP contribution in [0.1, 0.15) is 39.1 Å². The maximum Gasteiger partial charge on any atom is 0.331 e. The molecule has 1 aliphatic rings. The van der Waals surface area contributed by atoms with E-state index in [4.69, 9.17) is 23.2 Å². The summed E-state index contributed by atoms with van der Waals surface area (Å²) >= 11 is 12.0. The number of carbonyl (C=O) groups is 3. The van der Waals surface area contributed by atoms with E-state index in [9.17, 15) is 19.5 Å². The number of aliphatic carboxylic acids is 1. The van der Waals surface area contributed by atoms with Crippen molar-refractivity contribution in [2.45, 2.75) is 12.1 Å². The molecule has 33 heavy (non-hydrogen) atoms. The highest BCUT2D eigenvalue weighted by atomic mass is 35.5. The van der Waals surface area contributed by atoms with Crippen LogP contribution in [0.4, 0.5) is 5.69 Å². The number of hydrogen-bond donors (Lipinski definition) is 2. The van der Waals surface area contributed by atoms with E-state index in [1.165, 1.54) is 24.3 Å². The molecule has 0 saturated carbocycles. The van der Waals surface area contributed by atoms with Gasteiger partial charge in [0.1, 0.15) is 6.04 Å². The molecule has 166 valence electrons. The van der Waals surface area contributed by atoms with Crippen LogP contribution >= 0.6 is 23.2 Å². The Morgan fingerprint density at radius 2 is 1.61 bits per heavy atom. The van der Waals surface area contributed by atoms with Crippen LogP contribution in [0.5, 0.6) is 0 Å². The molecule has 0 saturated heterocycles. The van der Waals surface area contributed by atoms with Gasteiger partial charge in [0, 0.05) is 10.0 Å². The number of fused-ring (bicyclic) bond motifs is 1. The summed E-state index contributed by atoms with van der Waals surface area (Å²) < 4.78 is 0. The van der Waals surface area contributed by atoms with Crippen molar-refractivity contribution in [2.24, 2.45) is 0 Å². The lowest BCUT2D eigenvalue weighted by Crippen LogP contribution is -2.44. The van der Waals surface area contributed by atoms with Crippen molar-refractivity contribution in [3.63, 3.8) is 0 Å². The van der Waals surface area contributed by atoms with Crippen molar-refractivity contribution >= 4 is 52.7 Å². The highest BCUT2D eigenvalue weighted by Crippen LogP contribution is 2.38. The Kier molecular flexibility index (Phi) is 6.22. The van der Waals surface area contributed by atoms with Crippen molar-refractivity contribution in [1.82, 2.24) is 4.90 Å². The average molecular weight is 481 g/mol. The number of carboxylic acids is 1. The average Bonchev–Trinajstić information content (AvgIpc) is 2.90. The quantitative estimate of drug-likeness (QED) is 0.497. The smallest absolute Gasteiger partial charge is 0.331 e. The van der Waals surface area contributed by atoms with Gasteiger partial charge in [-0.25, -0.2) is 4.79 Å². The van der Waals surface area contributed by atoms with Crippen LogP contribution in [-0.4, -0.2) is 27.8 Å². The molecule has 0 bridgehead atoms. The predicted octanol–water partition coefficient (Wildman–Crippen LogP) is 5.60. The Hall–Kier alpha value is -3.61. The van der Waals surface area contributed by atoms with Crippen LogP contribution in [0.3, 0.4) is 0 Å². The molecule has 0 aromatic heterocycles. The summed E-state index contributed by atoms with van der Waals surface area (Å²) in [6, 6.07) is 14.7. The van der Waals surface area contributed by atoms with Gasteiger partial charge in [-0.1, -0.05) is 66.2 Å². The lowest BCUT2D eigenvalue weighted by Gasteiger charge is -2.34. The first-order valence-corrected chi connectivity index (χ1v) is 10.7. The fraction of sp³-hybridized carbons (Fsp3) is 0.0800. The second-order valence-corrected chi connectivity index (χ2v) is 8.33. The van der Waals surface area contributed by atoms with Gasteiger partial charge in [-0.15, -0.1) is 0 Å². The zero-order valence-electron chi connectivity index (χ0n) is 17.2. The largest absolute Gasteiger partial charge is 0.479 e. The van der Waals surface area contributed by atoms with Gasteiger partial charge < -0.3 is 15.3 Å². The maximum absolute atomic E-state index is 13.9. The second kappa shape index (κ2) is 9.10. The summed E-state index contributed by atoms with van der Waals surface area (Å²) in [4.78, 5) is 40.9. The number of benzene rings is 3. The summed E-state index contributed by atoms with van der Waals surface area (Å²) in [5.41, 5.74) is 1.83. The van der Waals surface area contributed by atoms with Crippen LogP contribution < -0.4 is 5.32 Å². The third-order valence-corrected chi connectivity index (χ3v) is 5.92. The molecule has 2 atom stereocenters. The zero-order valence-corrected chi connectivity index (χ0v) is 18.7. The second-order valence-electron chi connectivity index (χ2n) is 7.46. The fourth-order valence-electron chi connectivity index (χ4n) is 3.85. The number of amides is 2. The number of hydrogen-bond acceptors (Lipinski definition) is 3. The molecule has 0 radical (unpaired) electrons. The van der Waals surface area contributed by atoms with Crippen LogP contribution in [0.15, 0.2) is 73.3 Å². The Bertz CT molecular complexity index is 1260. The van der Waals surface area contributed by atoms with Crippen molar-refractivity contribution in [3.05, 3.63) is 106 Å². The van der Waals surface area contributed by atoms with E-state index >= 15 is 0 Å². The van der Waals surface area contributed by atoms with Crippen LogP contribution in [-0.2, 0) is 9.59 Å². The summed E-state index contributed by atoms with van der Waals surface area (Å²) in [5.74, 6) is -2.45. The number of nitrogens with zero attached hydrogens (tertiary/aromatic N) is 1. The monoisotopic (exact) mass is 480 g/mol. The maximum atomic E-state index is 13.9. The molecule has 0 spiro atoms. The standard InChI is InChI=1S/C25H18Cl2N2O4/c1-2-14-3-12-20-19(13-14)24(31)29(22(25(32)33)16-6-10-18(27)11-7-16)21(23(30)28-20)15-4-8-17(26)9-5-15/h2-13,21-22H,1H2,(H,28,30)(H,32,33). The first-order chi connectivity index (χ1) is 15.8. The van der Waals surface area contributed by atoms with E-state index in [-0.39, 0.29) is 11.3 Å². The van der Waals surface area contributed by atoms with E-state index in [1.807, 2.05) is 0 Å². The lowest BCUT2D eigenvalue weighted by atomic mass is 9.97. The molecule has 4 rings (SSSR count).